The Morgan fingerprint density at radius 3 is 2.35 bits per heavy atom. The molecule has 0 fully saturated rings. The second-order valence-electron chi connectivity index (χ2n) is 5.13. The van der Waals surface area contributed by atoms with E-state index in [9.17, 15) is 0 Å². The summed E-state index contributed by atoms with van der Waals surface area (Å²) < 4.78 is 5.16. The monoisotopic (exact) mass is 434 g/mol. The van der Waals surface area contributed by atoms with Crippen molar-refractivity contribution in [1.29, 1.82) is 0 Å². The van der Waals surface area contributed by atoms with Crippen LogP contribution in [0.5, 0.6) is 5.75 Å². The fraction of sp³-hybridized carbons (Fsp3) is 0.588. The highest BCUT2D eigenvalue weighted by atomic mass is 127. The lowest BCUT2D eigenvalue weighted by molar-refractivity contribution is 0.293. The van der Waals surface area contributed by atoms with Gasteiger partial charge in [0.15, 0.2) is 5.96 Å². The highest BCUT2D eigenvalue weighted by molar-refractivity contribution is 14.0. The number of hydrogen-bond acceptors (Lipinski definition) is 3. The van der Waals surface area contributed by atoms with Crippen LogP contribution in [0.4, 0.5) is 0 Å². The molecule has 5 nitrogen and oxygen atoms in total. The number of methoxy groups -OCH3 is 1. The Morgan fingerprint density at radius 1 is 1.13 bits per heavy atom. The Labute approximate surface area is 157 Å². The van der Waals surface area contributed by atoms with Gasteiger partial charge in [-0.15, -0.1) is 24.0 Å². The highest BCUT2D eigenvalue weighted by Gasteiger charge is 2.02. The molecule has 0 bridgehead atoms. The maximum atomic E-state index is 5.16. The standard InChI is InChI=1S/C17H30N4O.HI/c1-5-12-21(6-2)13-11-19-17(18-3)20-14-15-7-9-16(22-4)10-8-15;/h7-10H,5-6,11-14H2,1-4H3,(H2,18,19,20);1H. The Kier molecular flexibility index (Phi) is 12.8. The number of rotatable bonds is 9. The number of nitrogens with zero attached hydrogens (tertiary/aromatic N) is 2. The normalized spacial score (nSPS) is 11.1. The lowest BCUT2D eigenvalue weighted by atomic mass is 10.2. The summed E-state index contributed by atoms with van der Waals surface area (Å²) in [5.74, 6) is 1.71. The van der Waals surface area contributed by atoms with Gasteiger partial charge in [0.05, 0.1) is 7.11 Å². The smallest absolute Gasteiger partial charge is 0.191 e. The van der Waals surface area contributed by atoms with Crippen molar-refractivity contribution in [2.24, 2.45) is 4.99 Å². The van der Waals surface area contributed by atoms with E-state index in [1.807, 2.05) is 12.1 Å². The van der Waals surface area contributed by atoms with Gasteiger partial charge in [-0.25, -0.2) is 0 Å². The molecule has 1 aromatic carbocycles. The Balaban J connectivity index is 0.00000484. The minimum absolute atomic E-state index is 0. The number of likely N-dealkylation sites (N-methyl/N-ethyl adjacent to an activating group) is 1. The van der Waals surface area contributed by atoms with Crippen LogP contribution in [0, 0.1) is 0 Å². The summed E-state index contributed by atoms with van der Waals surface area (Å²) in [5, 5.41) is 6.68. The summed E-state index contributed by atoms with van der Waals surface area (Å²) in [4.78, 5) is 6.69. The van der Waals surface area contributed by atoms with Crippen LogP contribution in [0.15, 0.2) is 29.3 Å². The molecule has 0 aromatic heterocycles. The number of nitrogens with one attached hydrogen (secondary N) is 2. The first-order chi connectivity index (χ1) is 10.7. The number of ether oxygens (including phenoxy) is 1. The second-order valence-corrected chi connectivity index (χ2v) is 5.13. The maximum absolute atomic E-state index is 5.16. The van der Waals surface area contributed by atoms with Crippen molar-refractivity contribution in [3.8, 4) is 5.75 Å². The molecule has 2 N–H and O–H groups in total. The van der Waals surface area contributed by atoms with E-state index in [1.54, 1.807) is 14.2 Å². The summed E-state index contributed by atoms with van der Waals surface area (Å²) in [6.45, 7) is 9.33. The van der Waals surface area contributed by atoms with Crippen molar-refractivity contribution in [2.45, 2.75) is 26.8 Å². The van der Waals surface area contributed by atoms with Crippen molar-refractivity contribution < 1.29 is 4.74 Å². The quantitative estimate of drug-likeness (QED) is 0.357. The number of hydrogen-bond donors (Lipinski definition) is 2. The van der Waals surface area contributed by atoms with Crippen LogP contribution in [0.1, 0.15) is 25.8 Å². The molecule has 0 saturated heterocycles. The first-order valence-electron chi connectivity index (χ1n) is 8.03. The lowest BCUT2D eigenvalue weighted by Crippen LogP contribution is -2.41. The molecule has 1 rings (SSSR count). The van der Waals surface area contributed by atoms with Crippen molar-refractivity contribution in [3.63, 3.8) is 0 Å². The number of halogens is 1. The first-order valence-corrected chi connectivity index (χ1v) is 8.03. The van der Waals surface area contributed by atoms with Gasteiger partial charge in [0.2, 0.25) is 0 Å². The predicted molar refractivity (Wildman–Crippen MR) is 109 cm³/mol. The molecule has 0 spiro atoms. The van der Waals surface area contributed by atoms with Gasteiger partial charge in [-0.2, -0.15) is 0 Å². The summed E-state index contributed by atoms with van der Waals surface area (Å²) in [6, 6.07) is 8.05. The van der Waals surface area contributed by atoms with Crippen LogP contribution >= 0.6 is 24.0 Å². The SMILES string of the molecule is CCCN(CC)CCNC(=NC)NCc1ccc(OC)cc1.I. The highest BCUT2D eigenvalue weighted by Crippen LogP contribution is 2.10. The lowest BCUT2D eigenvalue weighted by Gasteiger charge is -2.20. The molecule has 0 unspecified atom stereocenters. The minimum atomic E-state index is 0. The molecule has 0 heterocycles. The third kappa shape index (κ3) is 9.00. The van der Waals surface area contributed by atoms with Crippen molar-refractivity contribution in [3.05, 3.63) is 29.8 Å². The largest absolute Gasteiger partial charge is 0.497 e. The maximum Gasteiger partial charge on any atom is 0.191 e. The van der Waals surface area contributed by atoms with Gasteiger partial charge in [0.25, 0.3) is 0 Å². The van der Waals surface area contributed by atoms with Crippen LogP contribution < -0.4 is 15.4 Å². The number of aliphatic imine (C=N–C) groups is 1. The van der Waals surface area contributed by atoms with Crippen LogP contribution in [0.2, 0.25) is 0 Å². The molecule has 0 amide bonds. The van der Waals surface area contributed by atoms with E-state index in [-0.39, 0.29) is 24.0 Å². The predicted octanol–water partition coefficient (Wildman–Crippen LogP) is 2.71. The Bertz CT molecular complexity index is 437. The van der Waals surface area contributed by atoms with Crippen LogP contribution in [-0.2, 0) is 6.54 Å². The van der Waals surface area contributed by atoms with E-state index in [0.29, 0.717) is 0 Å². The molecular formula is C17H31IN4O. The summed E-state index contributed by atoms with van der Waals surface area (Å²) in [7, 11) is 3.48. The molecule has 23 heavy (non-hydrogen) atoms. The van der Waals surface area contributed by atoms with Gasteiger partial charge in [-0.3, -0.25) is 4.99 Å². The average molecular weight is 434 g/mol. The molecule has 0 aliphatic carbocycles. The van der Waals surface area contributed by atoms with Gasteiger partial charge in [-0.1, -0.05) is 26.0 Å². The Hall–Kier alpha value is -1.02. The fourth-order valence-electron chi connectivity index (χ4n) is 2.23. The van der Waals surface area contributed by atoms with E-state index in [1.165, 1.54) is 12.0 Å². The third-order valence-electron chi connectivity index (χ3n) is 3.55. The van der Waals surface area contributed by atoms with Gasteiger partial charge < -0.3 is 20.3 Å². The van der Waals surface area contributed by atoms with E-state index in [4.69, 9.17) is 4.74 Å². The fourth-order valence-corrected chi connectivity index (χ4v) is 2.23. The average Bonchev–Trinajstić information content (AvgIpc) is 2.57. The molecule has 6 heteroatoms. The third-order valence-corrected chi connectivity index (χ3v) is 3.55. The molecule has 0 aliphatic heterocycles. The molecule has 0 atom stereocenters. The van der Waals surface area contributed by atoms with Crippen molar-refractivity contribution in [2.75, 3.05) is 40.3 Å². The van der Waals surface area contributed by atoms with Gasteiger partial charge in [-0.05, 0) is 37.2 Å². The van der Waals surface area contributed by atoms with Gasteiger partial charge >= 0.3 is 0 Å². The molecule has 1 aromatic rings. The first kappa shape index (κ1) is 22.0. The van der Waals surface area contributed by atoms with Gasteiger partial charge in [0.1, 0.15) is 5.75 Å². The molecule has 0 radical (unpaired) electrons. The van der Waals surface area contributed by atoms with E-state index < -0.39 is 0 Å². The number of benzene rings is 1. The van der Waals surface area contributed by atoms with Crippen LogP contribution in [0.25, 0.3) is 0 Å². The van der Waals surface area contributed by atoms with Crippen molar-refractivity contribution in [1.82, 2.24) is 15.5 Å². The summed E-state index contributed by atoms with van der Waals surface area (Å²) in [5.41, 5.74) is 1.20. The Morgan fingerprint density at radius 2 is 1.83 bits per heavy atom. The second kappa shape index (κ2) is 13.4. The topological polar surface area (TPSA) is 48.9 Å². The van der Waals surface area contributed by atoms with Gasteiger partial charge in [0, 0.05) is 26.7 Å². The van der Waals surface area contributed by atoms with E-state index in [2.05, 4.69) is 46.5 Å². The van der Waals surface area contributed by atoms with E-state index in [0.717, 1.165) is 44.4 Å². The van der Waals surface area contributed by atoms with Crippen LogP contribution in [-0.4, -0.2) is 51.2 Å². The van der Waals surface area contributed by atoms with E-state index >= 15 is 0 Å². The van der Waals surface area contributed by atoms with Crippen LogP contribution in [0.3, 0.4) is 0 Å². The number of guanidine groups is 1. The molecular weight excluding hydrogens is 403 g/mol. The zero-order valence-electron chi connectivity index (χ0n) is 14.8. The zero-order chi connectivity index (χ0) is 16.2. The molecule has 0 aliphatic rings. The molecule has 132 valence electrons. The van der Waals surface area contributed by atoms with Crippen molar-refractivity contribution >= 4 is 29.9 Å². The summed E-state index contributed by atoms with van der Waals surface area (Å²) >= 11 is 0. The minimum Gasteiger partial charge on any atom is -0.497 e. The summed E-state index contributed by atoms with van der Waals surface area (Å²) in [6.07, 6.45) is 1.19. The molecule has 0 saturated carbocycles. The zero-order valence-corrected chi connectivity index (χ0v) is 17.1.